The van der Waals surface area contributed by atoms with Gasteiger partial charge in [-0.25, -0.2) is 4.39 Å². The van der Waals surface area contributed by atoms with E-state index in [-0.39, 0.29) is 17.8 Å². The molecule has 0 saturated heterocycles. The molecule has 5 heteroatoms. The fourth-order valence-corrected chi connectivity index (χ4v) is 4.26. The highest BCUT2D eigenvalue weighted by molar-refractivity contribution is 5.78. The number of halogens is 1. The molecule has 0 aromatic heterocycles. The molecule has 0 radical (unpaired) electrons. The van der Waals surface area contributed by atoms with Gasteiger partial charge < -0.3 is 14.4 Å². The maximum Gasteiger partial charge on any atom is 0.223 e. The molecule has 0 aliphatic carbocycles. The predicted molar refractivity (Wildman–Crippen MR) is 118 cm³/mol. The number of carbonyl (C=O) groups excluding carboxylic acids is 1. The van der Waals surface area contributed by atoms with Crippen LogP contribution >= 0.6 is 0 Å². The van der Waals surface area contributed by atoms with Crippen molar-refractivity contribution in [2.24, 2.45) is 0 Å². The van der Waals surface area contributed by atoms with E-state index in [1.807, 2.05) is 35.2 Å². The van der Waals surface area contributed by atoms with Crippen LogP contribution in [0.5, 0.6) is 11.5 Å². The van der Waals surface area contributed by atoms with Gasteiger partial charge in [-0.3, -0.25) is 4.79 Å². The minimum absolute atomic E-state index is 0.0820. The zero-order valence-corrected chi connectivity index (χ0v) is 17.8. The summed E-state index contributed by atoms with van der Waals surface area (Å²) < 4.78 is 24.2. The number of amides is 1. The minimum Gasteiger partial charge on any atom is -0.493 e. The van der Waals surface area contributed by atoms with Crippen LogP contribution in [0.4, 0.5) is 4.39 Å². The van der Waals surface area contributed by atoms with E-state index in [4.69, 9.17) is 9.47 Å². The van der Waals surface area contributed by atoms with E-state index in [0.717, 1.165) is 28.7 Å². The summed E-state index contributed by atoms with van der Waals surface area (Å²) in [6.07, 6.45) is 1.70. The molecule has 1 atom stereocenters. The van der Waals surface area contributed by atoms with E-state index in [0.29, 0.717) is 30.9 Å². The van der Waals surface area contributed by atoms with E-state index in [9.17, 15) is 9.18 Å². The third kappa shape index (κ3) is 4.41. The maximum atomic E-state index is 13.3. The quantitative estimate of drug-likeness (QED) is 0.568. The van der Waals surface area contributed by atoms with Crippen LogP contribution in [0, 0.1) is 5.82 Å². The topological polar surface area (TPSA) is 38.8 Å². The van der Waals surface area contributed by atoms with Gasteiger partial charge in [0.25, 0.3) is 0 Å². The molecular formula is C26H26FNO3. The molecule has 0 saturated carbocycles. The van der Waals surface area contributed by atoms with Crippen molar-refractivity contribution in [3.8, 4) is 11.5 Å². The van der Waals surface area contributed by atoms with Crippen LogP contribution in [0.25, 0.3) is 0 Å². The first kappa shape index (κ1) is 20.9. The van der Waals surface area contributed by atoms with Crippen molar-refractivity contribution in [2.45, 2.75) is 25.3 Å². The van der Waals surface area contributed by atoms with Crippen molar-refractivity contribution >= 4 is 5.91 Å². The molecule has 3 aromatic rings. The van der Waals surface area contributed by atoms with Crippen molar-refractivity contribution < 1.29 is 18.7 Å². The summed E-state index contributed by atoms with van der Waals surface area (Å²) in [6.45, 7) is 0.629. The first-order chi connectivity index (χ1) is 15.1. The summed E-state index contributed by atoms with van der Waals surface area (Å²) in [5.74, 6) is 1.17. The monoisotopic (exact) mass is 419 g/mol. The summed E-state index contributed by atoms with van der Waals surface area (Å²) in [5, 5.41) is 0. The van der Waals surface area contributed by atoms with Crippen LogP contribution in [0.1, 0.15) is 34.7 Å². The van der Waals surface area contributed by atoms with Gasteiger partial charge in [-0.2, -0.15) is 0 Å². The minimum atomic E-state index is -0.267. The van der Waals surface area contributed by atoms with Crippen LogP contribution in [0.15, 0.2) is 66.7 Å². The third-order valence-corrected chi connectivity index (χ3v) is 5.85. The summed E-state index contributed by atoms with van der Waals surface area (Å²) in [5.41, 5.74) is 4.24. The Bertz CT molecular complexity index is 1050. The highest BCUT2D eigenvalue weighted by Gasteiger charge is 2.33. The first-order valence-corrected chi connectivity index (χ1v) is 10.4. The number of nitrogens with zero attached hydrogens (tertiary/aromatic N) is 1. The average Bonchev–Trinajstić information content (AvgIpc) is 2.82. The van der Waals surface area contributed by atoms with E-state index in [1.165, 1.54) is 12.1 Å². The van der Waals surface area contributed by atoms with Gasteiger partial charge >= 0.3 is 0 Å². The molecule has 1 aliphatic rings. The summed E-state index contributed by atoms with van der Waals surface area (Å²) in [4.78, 5) is 15.3. The zero-order valence-electron chi connectivity index (χ0n) is 17.8. The van der Waals surface area contributed by atoms with Crippen molar-refractivity contribution in [1.82, 2.24) is 4.90 Å². The Hall–Kier alpha value is -3.34. The fourth-order valence-electron chi connectivity index (χ4n) is 4.26. The Morgan fingerprint density at radius 1 is 1.00 bits per heavy atom. The molecule has 0 N–H and O–H groups in total. The SMILES string of the molecule is COc1cc2c(cc1OC)C(c1ccccc1)N(C(=O)CCc1ccc(F)cc1)CC2. The van der Waals surface area contributed by atoms with Gasteiger partial charge in [-0.15, -0.1) is 0 Å². The molecule has 0 bridgehead atoms. The number of aryl methyl sites for hydroxylation is 1. The van der Waals surface area contributed by atoms with E-state index >= 15 is 0 Å². The van der Waals surface area contributed by atoms with Gasteiger partial charge in [0.2, 0.25) is 5.91 Å². The molecule has 1 unspecified atom stereocenters. The molecule has 4 nitrogen and oxygen atoms in total. The number of hydrogen-bond donors (Lipinski definition) is 0. The van der Waals surface area contributed by atoms with Gasteiger partial charge in [0, 0.05) is 13.0 Å². The molecule has 1 heterocycles. The van der Waals surface area contributed by atoms with E-state index in [1.54, 1.807) is 26.4 Å². The Balaban J connectivity index is 1.66. The predicted octanol–water partition coefficient (Wildman–Crippen LogP) is 4.95. The molecule has 0 spiro atoms. The second-order valence-corrected chi connectivity index (χ2v) is 7.68. The second kappa shape index (κ2) is 9.21. The molecule has 160 valence electrons. The number of hydrogen-bond acceptors (Lipinski definition) is 3. The van der Waals surface area contributed by atoms with E-state index < -0.39 is 0 Å². The number of carbonyl (C=O) groups is 1. The standard InChI is InChI=1S/C26H26FNO3/c1-30-23-16-20-14-15-28(25(29)13-10-18-8-11-21(27)12-9-18)26(19-6-4-3-5-7-19)22(20)17-24(23)31-2/h3-9,11-12,16-17,26H,10,13-15H2,1-2H3. The van der Waals surface area contributed by atoms with Gasteiger partial charge in [-0.05, 0) is 59.4 Å². The lowest BCUT2D eigenvalue weighted by Gasteiger charge is -2.38. The van der Waals surface area contributed by atoms with Crippen LogP contribution in [-0.2, 0) is 17.6 Å². The van der Waals surface area contributed by atoms with Gasteiger partial charge in [-0.1, -0.05) is 42.5 Å². The number of fused-ring (bicyclic) bond motifs is 1. The smallest absolute Gasteiger partial charge is 0.223 e. The van der Waals surface area contributed by atoms with Crippen molar-refractivity contribution in [2.75, 3.05) is 20.8 Å². The Morgan fingerprint density at radius 3 is 2.35 bits per heavy atom. The van der Waals surface area contributed by atoms with Crippen LogP contribution in [0.3, 0.4) is 0 Å². The lowest BCUT2D eigenvalue weighted by molar-refractivity contribution is -0.133. The Morgan fingerprint density at radius 2 is 1.68 bits per heavy atom. The fraction of sp³-hybridized carbons (Fsp3) is 0.269. The van der Waals surface area contributed by atoms with Gasteiger partial charge in [0.05, 0.1) is 20.3 Å². The van der Waals surface area contributed by atoms with E-state index in [2.05, 4.69) is 12.1 Å². The first-order valence-electron chi connectivity index (χ1n) is 10.4. The summed E-state index contributed by atoms with van der Waals surface area (Å²) >= 11 is 0. The maximum absolute atomic E-state index is 13.3. The van der Waals surface area contributed by atoms with Gasteiger partial charge in [0.1, 0.15) is 5.82 Å². The molecule has 1 aliphatic heterocycles. The normalized spacial score (nSPS) is 15.3. The molecule has 3 aromatic carbocycles. The average molecular weight is 419 g/mol. The Kier molecular flexibility index (Phi) is 6.21. The summed E-state index contributed by atoms with van der Waals surface area (Å²) in [6, 6.07) is 20.2. The molecule has 0 fully saturated rings. The molecule has 4 rings (SSSR count). The number of methoxy groups -OCH3 is 2. The van der Waals surface area contributed by atoms with Crippen molar-refractivity contribution in [1.29, 1.82) is 0 Å². The summed E-state index contributed by atoms with van der Waals surface area (Å²) in [7, 11) is 3.25. The largest absolute Gasteiger partial charge is 0.493 e. The zero-order chi connectivity index (χ0) is 21.8. The number of ether oxygens (including phenoxy) is 2. The van der Waals surface area contributed by atoms with Crippen molar-refractivity contribution in [3.05, 3.63) is 94.8 Å². The third-order valence-electron chi connectivity index (χ3n) is 5.85. The molecule has 1 amide bonds. The molecule has 31 heavy (non-hydrogen) atoms. The lowest BCUT2D eigenvalue weighted by atomic mass is 9.87. The highest BCUT2D eigenvalue weighted by atomic mass is 19.1. The molecular weight excluding hydrogens is 393 g/mol. The highest BCUT2D eigenvalue weighted by Crippen LogP contribution is 2.41. The van der Waals surface area contributed by atoms with Crippen LogP contribution in [-0.4, -0.2) is 31.6 Å². The number of benzene rings is 3. The van der Waals surface area contributed by atoms with Crippen LogP contribution < -0.4 is 9.47 Å². The second-order valence-electron chi connectivity index (χ2n) is 7.68. The Labute approximate surface area is 182 Å². The number of rotatable bonds is 6. The van der Waals surface area contributed by atoms with Gasteiger partial charge in [0.15, 0.2) is 11.5 Å². The van der Waals surface area contributed by atoms with Crippen molar-refractivity contribution in [3.63, 3.8) is 0 Å². The lowest BCUT2D eigenvalue weighted by Crippen LogP contribution is -2.40. The van der Waals surface area contributed by atoms with Crippen LogP contribution in [0.2, 0.25) is 0 Å².